The number of hydrogen-bond acceptors (Lipinski definition) is 5. The summed E-state index contributed by atoms with van der Waals surface area (Å²) in [6.07, 6.45) is 5.16. The van der Waals surface area contributed by atoms with E-state index in [4.69, 9.17) is 9.97 Å². The fourth-order valence-corrected chi connectivity index (χ4v) is 4.23. The van der Waals surface area contributed by atoms with Gasteiger partial charge in [0.1, 0.15) is 5.82 Å². The number of piperidine rings is 1. The number of hydrogen-bond donors (Lipinski definition) is 2. The molecule has 2 aromatic rings. The SMILES string of the molecule is CNCCNC(=O)[C@@H]1CCCN(c2nc(-c3ccccc3)nc3c2CCC3)C1. The topological polar surface area (TPSA) is 70.2 Å². The van der Waals surface area contributed by atoms with Crippen molar-refractivity contribution in [2.45, 2.75) is 32.1 Å². The molecule has 28 heavy (non-hydrogen) atoms. The maximum Gasteiger partial charge on any atom is 0.224 e. The van der Waals surface area contributed by atoms with Crippen molar-refractivity contribution in [3.05, 3.63) is 41.6 Å². The van der Waals surface area contributed by atoms with Gasteiger partial charge < -0.3 is 15.5 Å². The molecule has 6 heteroatoms. The van der Waals surface area contributed by atoms with E-state index in [0.717, 1.165) is 68.9 Å². The van der Waals surface area contributed by atoms with Gasteiger partial charge in [0.15, 0.2) is 5.82 Å². The summed E-state index contributed by atoms with van der Waals surface area (Å²) in [4.78, 5) is 24.7. The van der Waals surface area contributed by atoms with E-state index in [9.17, 15) is 4.79 Å². The second kappa shape index (κ2) is 8.69. The summed E-state index contributed by atoms with van der Waals surface area (Å²) in [5, 5.41) is 6.12. The van der Waals surface area contributed by atoms with E-state index >= 15 is 0 Å². The summed E-state index contributed by atoms with van der Waals surface area (Å²) >= 11 is 0. The molecule has 1 aromatic carbocycles. The number of carbonyl (C=O) groups is 1. The van der Waals surface area contributed by atoms with Crippen molar-refractivity contribution >= 4 is 11.7 Å². The third-order valence-corrected chi connectivity index (χ3v) is 5.71. The zero-order valence-corrected chi connectivity index (χ0v) is 16.6. The van der Waals surface area contributed by atoms with E-state index in [2.05, 4.69) is 27.7 Å². The fraction of sp³-hybridized carbons (Fsp3) is 0.500. The average Bonchev–Trinajstić information content (AvgIpc) is 3.22. The maximum atomic E-state index is 12.6. The van der Waals surface area contributed by atoms with Gasteiger partial charge in [-0.25, -0.2) is 9.97 Å². The molecule has 1 atom stereocenters. The lowest BCUT2D eigenvalue weighted by Crippen LogP contribution is -2.44. The minimum atomic E-state index is 0.0257. The van der Waals surface area contributed by atoms with Crippen LogP contribution in [0.2, 0.25) is 0 Å². The first-order valence-electron chi connectivity index (χ1n) is 10.4. The average molecular weight is 380 g/mol. The molecule has 0 spiro atoms. The number of fused-ring (bicyclic) bond motifs is 1. The summed E-state index contributed by atoms with van der Waals surface area (Å²) in [7, 11) is 1.90. The van der Waals surface area contributed by atoms with Crippen molar-refractivity contribution in [1.82, 2.24) is 20.6 Å². The van der Waals surface area contributed by atoms with Crippen LogP contribution in [0.15, 0.2) is 30.3 Å². The molecule has 0 saturated carbocycles. The number of nitrogens with zero attached hydrogens (tertiary/aromatic N) is 3. The molecular weight excluding hydrogens is 350 g/mol. The maximum absolute atomic E-state index is 12.6. The van der Waals surface area contributed by atoms with Crippen LogP contribution in [0, 0.1) is 5.92 Å². The number of benzene rings is 1. The Bertz CT molecular complexity index is 823. The number of carbonyl (C=O) groups excluding carboxylic acids is 1. The second-order valence-electron chi connectivity index (χ2n) is 7.70. The third-order valence-electron chi connectivity index (χ3n) is 5.71. The number of aromatic nitrogens is 2. The largest absolute Gasteiger partial charge is 0.355 e. The monoisotopic (exact) mass is 379 g/mol. The van der Waals surface area contributed by atoms with Gasteiger partial charge in [-0.15, -0.1) is 0 Å². The minimum absolute atomic E-state index is 0.0257. The molecule has 1 aliphatic carbocycles. The molecule has 1 aromatic heterocycles. The molecule has 4 rings (SSSR count). The molecule has 2 aliphatic rings. The van der Waals surface area contributed by atoms with E-state index in [0.29, 0.717) is 6.54 Å². The Labute approximate surface area is 166 Å². The first-order chi connectivity index (χ1) is 13.8. The highest BCUT2D eigenvalue weighted by Gasteiger charge is 2.30. The molecule has 1 amide bonds. The number of aryl methyl sites for hydroxylation is 1. The first kappa shape index (κ1) is 18.9. The first-order valence-corrected chi connectivity index (χ1v) is 10.4. The number of rotatable bonds is 6. The van der Waals surface area contributed by atoms with Crippen LogP contribution in [-0.4, -0.2) is 49.1 Å². The van der Waals surface area contributed by atoms with Gasteiger partial charge in [-0.2, -0.15) is 0 Å². The van der Waals surface area contributed by atoms with Gasteiger partial charge in [-0.3, -0.25) is 4.79 Å². The Kier molecular flexibility index (Phi) is 5.86. The van der Waals surface area contributed by atoms with Crippen LogP contribution in [0.4, 0.5) is 5.82 Å². The van der Waals surface area contributed by atoms with Crippen LogP contribution in [0.5, 0.6) is 0 Å². The van der Waals surface area contributed by atoms with Gasteiger partial charge in [-0.05, 0) is 39.2 Å². The highest BCUT2D eigenvalue weighted by Crippen LogP contribution is 2.33. The van der Waals surface area contributed by atoms with Crippen molar-refractivity contribution in [2.24, 2.45) is 5.92 Å². The molecule has 0 unspecified atom stereocenters. The van der Waals surface area contributed by atoms with E-state index in [1.165, 1.54) is 11.3 Å². The molecule has 1 saturated heterocycles. The number of nitrogens with one attached hydrogen (secondary N) is 2. The van der Waals surface area contributed by atoms with Crippen LogP contribution < -0.4 is 15.5 Å². The van der Waals surface area contributed by atoms with Crippen LogP contribution in [0.1, 0.15) is 30.5 Å². The quantitative estimate of drug-likeness (QED) is 0.753. The molecule has 2 N–H and O–H groups in total. The van der Waals surface area contributed by atoms with E-state index < -0.39 is 0 Å². The van der Waals surface area contributed by atoms with Crippen LogP contribution >= 0.6 is 0 Å². The van der Waals surface area contributed by atoms with Crippen molar-refractivity contribution in [1.29, 1.82) is 0 Å². The van der Waals surface area contributed by atoms with Gasteiger partial charge in [-0.1, -0.05) is 30.3 Å². The predicted molar refractivity (Wildman–Crippen MR) is 111 cm³/mol. The number of likely N-dealkylation sites (N-methyl/N-ethyl adjacent to an activating group) is 1. The summed E-state index contributed by atoms with van der Waals surface area (Å²) in [5.74, 6) is 2.04. The third kappa shape index (κ3) is 4.02. The highest BCUT2D eigenvalue weighted by atomic mass is 16.1. The zero-order chi connectivity index (χ0) is 19.3. The van der Waals surface area contributed by atoms with Gasteiger partial charge in [0.2, 0.25) is 5.91 Å². The van der Waals surface area contributed by atoms with E-state index in [1.807, 2.05) is 25.2 Å². The van der Waals surface area contributed by atoms with Crippen molar-refractivity contribution in [3.63, 3.8) is 0 Å². The summed E-state index contributed by atoms with van der Waals surface area (Å²) < 4.78 is 0. The highest BCUT2D eigenvalue weighted by molar-refractivity contribution is 5.79. The predicted octanol–water partition coefficient (Wildman–Crippen LogP) is 2.18. The van der Waals surface area contributed by atoms with Gasteiger partial charge in [0, 0.05) is 43.0 Å². The zero-order valence-electron chi connectivity index (χ0n) is 16.6. The van der Waals surface area contributed by atoms with Crippen LogP contribution in [-0.2, 0) is 17.6 Å². The summed E-state index contributed by atoms with van der Waals surface area (Å²) in [5.41, 5.74) is 3.53. The van der Waals surface area contributed by atoms with Crippen molar-refractivity contribution in [3.8, 4) is 11.4 Å². The molecule has 148 valence electrons. The lowest BCUT2D eigenvalue weighted by atomic mass is 9.96. The standard InChI is InChI=1S/C22H29N5O/c1-23-12-13-24-22(28)17-9-6-14-27(15-17)21-18-10-5-11-19(18)25-20(26-21)16-7-3-2-4-8-16/h2-4,7-8,17,23H,5-6,9-15H2,1H3,(H,24,28)/t17-/m1/s1. The lowest BCUT2D eigenvalue weighted by Gasteiger charge is -2.34. The normalized spacial score (nSPS) is 18.8. The summed E-state index contributed by atoms with van der Waals surface area (Å²) in [6, 6.07) is 10.2. The lowest BCUT2D eigenvalue weighted by molar-refractivity contribution is -0.125. The molecule has 0 bridgehead atoms. The smallest absolute Gasteiger partial charge is 0.224 e. The van der Waals surface area contributed by atoms with Gasteiger partial charge in [0.25, 0.3) is 0 Å². The second-order valence-corrected chi connectivity index (χ2v) is 7.70. The molecule has 1 fully saturated rings. The van der Waals surface area contributed by atoms with Gasteiger partial charge >= 0.3 is 0 Å². The molecule has 0 radical (unpaired) electrons. The Balaban J connectivity index is 1.58. The van der Waals surface area contributed by atoms with Crippen molar-refractivity contribution in [2.75, 3.05) is 38.1 Å². The van der Waals surface area contributed by atoms with E-state index in [1.54, 1.807) is 0 Å². The Hall–Kier alpha value is -2.47. The Morgan fingerprint density at radius 2 is 2.00 bits per heavy atom. The summed E-state index contributed by atoms with van der Waals surface area (Å²) in [6.45, 7) is 3.16. The fourth-order valence-electron chi connectivity index (χ4n) is 4.23. The van der Waals surface area contributed by atoms with Crippen LogP contribution in [0.3, 0.4) is 0 Å². The Morgan fingerprint density at radius 3 is 2.82 bits per heavy atom. The molecular formula is C22H29N5O. The van der Waals surface area contributed by atoms with Crippen LogP contribution in [0.25, 0.3) is 11.4 Å². The molecule has 6 nitrogen and oxygen atoms in total. The van der Waals surface area contributed by atoms with Gasteiger partial charge in [0.05, 0.1) is 5.92 Å². The van der Waals surface area contributed by atoms with Crippen molar-refractivity contribution < 1.29 is 4.79 Å². The molecule has 1 aliphatic heterocycles. The Morgan fingerprint density at radius 1 is 1.14 bits per heavy atom. The van der Waals surface area contributed by atoms with E-state index in [-0.39, 0.29) is 11.8 Å². The molecule has 2 heterocycles. The minimum Gasteiger partial charge on any atom is -0.355 e. The number of amides is 1. The number of anilines is 1.